The highest BCUT2D eigenvalue weighted by atomic mass is 35.5. The number of methoxy groups -OCH3 is 1. The molecule has 0 bridgehead atoms. The molecule has 0 atom stereocenters. The van der Waals surface area contributed by atoms with Crippen LogP contribution in [0.3, 0.4) is 0 Å². The van der Waals surface area contributed by atoms with Gasteiger partial charge in [0.2, 0.25) is 0 Å². The molecule has 6 heteroatoms. The second-order valence-corrected chi connectivity index (χ2v) is 7.84. The van der Waals surface area contributed by atoms with E-state index in [0.29, 0.717) is 16.5 Å². The molecule has 1 aliphatic carbocycles. The van der Waals surface area contributed by atoms with Crippen molar-refractivity contribution in [2.45, 2.75) is 44.6 Å². The summed E-state index contributed by atoms with van der Waals surface area (Å²) >= 11 is 12.6. The number of hydrogen-bond acceptors (Lipinski definition) is 4. The normalized spacial score (nSPS) is 16.8. The number of nitrogens with zero attached hydrogens (tertiary/aromatic N) is 2. The third kappa shape index (κ3) is 3.92. The molecule has 4 rings (SSSR count). The summed E-state index contributed by atoms with van der Waals surface area (Å²) in [6.45, 7) is 0.745. The van der Waals surface area contributed by atoms with Crippen LogP contribution in [-0.2, 0) is 12.8 Å². The molecule has 2 aliphatic rings. The molecule has 1 aromatic heterocycles. The van der Waals surface area contributed by atoms with Crippen molar-refractivity contribution < 1.29 is 9.47 Å². The third-order valence-electron chi connectivity index (χ3n) is 5.28. The number of aliphatic imine (C=N–C) groups is 1. The summed E-state index contributed by atoms with van der Waals surface area (Å²) in [6, 6.07) is 4.16. The first-order chi connectivity index (χ1) is 13.2. The summed E-state index contributed by atoms with van der Waals surface area (Å²) in [5, 5.41) is 1.13. The molecule has 0 spiro atoms. The molecule has 2 aromatic rings. The summed E-state index contributed by atoms with van der Waals surface area (Å²) < 4.78 is 11.9. The maximum atomic E-state index is 6.32. The Hall–Kier alpha value is -1.78. The number of benzene rings is 1. The van der Waals surface area contributed by atoms with E-state index in [2.05, 4.69) is 17.1 Å². The highest BCUT2D eigenvalue weighted by Gasteiger charge is 2.23. The van der Waals surface area contributed by atoms with Crippen molar-refractivity contribution in [1.82, 2.24) is 4.98 Å². The molecule has 4 nitrogen and oxygen atoms in total. The Morgan fingerprint density at radius 2 is 1.81 bits per heavy atom. The fourth-order valence-electron chi connectivity index (χ4n) is 3.84. The van der Waals surface area contributed by atoms with Crippen LogP contribution in [0.25, 0.3) is 0 Å². The van der Waals surface area contributed by atoms with Crippen LogP contribution in [0, 0.1) is 0 Å². The lowest BCUT2D eigenvalue weighted by atomic mass is 9.93. The molecule has 1 aromatic carbocycles. The van der Waals surface area contributed by atoms with Crippen molar-refractivity contribution in [3.63, 3.8) is 0 Å². The van der Waals surface area contributed by atoms with Crippen LogP contribution in [0.4, 0.5) is 0 Å². The number of halogens is 2. The lowest BCUT2D eigenvalue weighted by Gasteiger charge is -2.22. The molecule has 1 fully saturated rings. The van der Waals surface area contributed by atoms with Crippen molar-refractivity contribution in [2.75, 3.05) is 13.7 Å². The van der Waals surface area contributed by atoms with Crippen LogP contribution >= 0.6 is 23.2 Å². The smallest absolute Gasteiger partial charge is 0.162 e. The van der Waals surface area contributed by atoms with E-state index in [9.17, 15) is 0 Å². The minimum Gasteiger partial charge on any atom is -0.493 e. The molecule has 0 radical (unpaired) electrons. The van der Waals surface area contributed by atoms with Gasteiger partial charge in [0.05, 0.1) is 23.3 Å². The van der Waals surface area contributed by atoms with Gasteiger partial charge in [0.15, 0.2) is 11.5 Å². The van der Waals surface area contributed by atoms with E-state index in [0.717, 1.165) is 54.1 Å². The Bertz CT molecular complexity index is 856. The average Bonchev–Trinajstić information content (AvgIpc) is 3.17. The summed E-state index contributed by atoms with van der Waals surface area (Å²) in [7, 11) is 1.69. The maximum Gasteiger partial charge on any atom is 0.162 e. The van der Waals surface area contributed by atoms with Crippen LogP contribution in [0.2, 0.25) is 10.0 Å². The van der Waals surface area contributed by atoms with E-state index in [1.54, 1.807) is 19.5 Å². The Kier molecular flexibility index (Phi) is 5.55. The van der Waals surface area contributed by atoms with Gasteiger partial charge in [-0.05, 0) is 55.4 Å². The predicted molar refractivity (Wildman–Crippen MR) is 109 cm³/mol. The molecule has 142 valence electrons. The lowest BCUT2D eigenvalue weighted by Crippen LogP contribution is -2.18. The predicted octanol–water partition coefficient (Wildman–Crippen LogP) is 5.31. The summed E-state index contributed by atoms with van der Waals surface area (Å²) in [5.41, 5.74) is 4.15. The first kappa shape index (κ1) is 18.6. The van der Waals surface area contributed by atoms with Gasteiger partial charge in [0.25, 0.3) is 0 Å². The molecule has 27 heavy (non-hydrogen) atoms. The average molecular weight is 405 g/mol. The fourth-order valence-corrected chi connectivity index (χ4v) is 4.34. The molecule has 0 N–H and O–H groups in total. The third-order valence-corrected chi connectivity index (χ3v) is 5.93. The first-order valence-electron chi connectivity index (χ1n) is 9.35. The lowest BCUT2D eigenvalue weighted by molar-refractivity contribution is 0.200. The van der Waals surface area contributed by atoms with Crippen molar-refractivity contribution in [1.29, 1.82) is 0 Å². The molecule has 1 saturated carbocycles. The maximum absolute atomic E-state index is 6.32. The molecular weight excluding hydrogens is 383 g/mol. The zero-order chi connectivity index (χ0) is 18.8. The summed E-state index contributed by atoms with van der Waals surface area (Å²) in [5.74, 6) is 1.59. The highest BCUT2D eigenvalue weighted by Crippen LogP contribution is 2.36. The van der Waals surface area contributed by atoms with Gasteiger partial charge in [-0.2, -0.15) is 0 Å². The molecule has 0 unspecified atom stereocenters. The van der Waals surface area contributed by atoms with E-state index >= 15 is 0 Å². The minimum atomic E-state index is 0.269. The summed E-state index contributed by atoms with van der Waals surface area (Å²) in [4.78, 5) is 8.80. The highest BCUT2D eigenvalue weighted by molar-refractivity contribution is 6.36. The van der Waals surface area contributed by atoms with Gasteiger partial charge in [-0.15, -0.1) is 0 Å². The van der Waals surface area contributed by atoms with E-state index in [1.165, 1.54) is 18.4 Å². The standard InChI is InChI=1S/C21H22Cl2N2O2/c1-26-20-8-13-6-7-25-19(9-16-17(22)11-24-12-18(16)23)15(13)10-21(20)27-14-4-2-3-5-14/h8,10-12,14H,2-7,9H2,1H3. The molecular formula is C21H22Cl2N2O2. The number of hydrogen-bond donors (Lipinski definition) is 0. The van der Waals surface area contributed by atoms with Gasteiger partial charge < -0.3 is 9.47 Å². The quantitative estimate of drug-likeness (QED) is 0.678. The summed E-state index contributed by atoms with van der Waals surface area (Å²) in [6.07, 6.45) is 9.62. The second-order valence-electron chi connectivity index (χ2n) is 7.02. The van der Waals surface area contributed by atoms with Crippen molar-refractivity contribution in [3.05, 3.63) is 51.3 Å². The Labute approximate surface area is 169 Å². The van der Waals surface area contributed by atoms with E-state index < -0.39 is 0 Å². The van der Waals surface area contributed by atoms with Gasteiger partial charge in [0, 0.05) is 36.6 Å². The number of rotatable bonds is 5. The van der Waals surface area contributed by atoms with Crippen LogP contribution in [0.5, 0.6) is 11.5 Å². The van der Waals surface area contributed by atoms with E-state index in [4.69, 9.17) is 37.7 Å². The number of fused-ring (bicyclic) bond motifs is 1. The number of ether oxygens (including phenoxy) is 2. The van der Waals surface area contributed by atoms with Crippen LogP contribution in [0.1, 0.15) is 42.4 Å². The van der Waals surface area contributed by atoms with Gasteiger partial charge in [-0.1, -0.05) is 23.2 Å². The van der Waals surface area contributed by atoms with Gasteiger partial charge >= 0.3 is 0 Å². The molecule has 0 saturated heterocycles. The van der Waals surface area contributed by atoms with Crippen LogP contribution < -0.4 is 9.47 Å². The first-order valence-corrected chi connectivity index (χ1v) is 10.1. The van der Waals surface area contributed by atoms with Gasteiger partial charge in [-0.25, -0.2) is 0 Å². The van der Waals surface area contributed by atoms with Crippen molar-refractivity contribution in [2.24, 2.45) is 4.99 Å². The van der Waals surface area contributed by atoms with Crippen molar-refractivity contribution in [3.8, 4) is 11.5 Å². The van der Waals surface area contributed by atoms with Gasteiger partial charge in [0.1, 0.15) is 0 Å². The van der Waals surface area contributed by atoms with E-state index in [-0.39, 0.29) is 6.10 Å². The minimum absolute atomic E-state index is 0.269. The molecule has 2 heterocycles. The topological polar surface area (TPSA) is 43.7 Å². The van der Waals surface area contributed by atoms with Gasteiger partial charge in [-0.3, -0.25) is 9.98 Å². The zero-order valence-corrected chi connectivity index (χ0v) is 16.8. The number of pyridine rings is 1. The Morgan fingerprint density at radius 1 is 1.07 bits per heavy atom. The SMILES string of the molecule is COc1cc2c(cc1OC1CCCC1)C(Cc1c(Cl)cncc1Cl)=NCC2. The van der Waals surface area contributed by atoms with E-state index in [1.807, 2.05) is 0 Å². The van der Waals surface area contributed by atoms with Crippen LogP contribution in [-0.4, -0.2) is 30.5 Å². The second kappa shape index (κ2) is 8.07. The number of aromatic nitrogens is 1. The monoisotopic (exact) mass is 404 g/mol. The molecule has 1 aliphatic heterocycles. The Balaban J connectivity index is 1.68. The molecule has 0 amide bonds. The zero-order valence-electron chi connectivity index (χ0n) is 15.3. The fraction of sp³-hybridized carbons (Fsp3) is 0.429. The Morgan fingerprint density at radius 3 is 2.52 bits per heavy atom. The largest absolute Gasteiger partial charge is 0.493 e. The van der Waals surface area contributed by atoms with Crippen molar-refractivity contribution >= 4 is 28.9 Å². The van der Waals surface area contributed by atoms with Crippen LogP contribution in [0.15, 0.2) is 29.5 Å².